The Morgan fingerprint density at radius 3 is 2.30 bits per heavy atom. The van der Waals surface area contributed by atoms with Gasteiger partial charge in [-0.25, -0.2) is 4.79 Å². The quantitative estimate of drug-likeness (QED) is 0.364. The number of phenolic OH excluding ortho intramolecular Hbond substituents is 1. The zero-order chi connectivity index (χ0) is 30.6. The fourth-order valence-electron chi connectivity index (χ4n) is 6.07. The lowest BCUT2D eigenvalue weighted by atomic mass is 9.80. The van der Waals surface area contributed by atoms with Crippen molar-refractivity contribution >= 4 is 23.5 Å². The highest BCUT2D eigenvalue weighted by atomic mass is 16.6. The molecule has 0 aliphatic carbocycles. The average molecular weight is 587 g/mol. The molecule has 2 fully saturated rings. The van der Waals surface area contributed by atoms with E-state index in [0.717, 1.165) is 24.1 Å². The van der Waals surface area contributed by atoms with Crippen LogP contribution >= 0.6 is 0 Å². The number of nitrogens with zero attached hydrogens (tertiary/aromatic N) is 4. The van der Waals surface area contributed by atoms with E-state index in [2.05, 4.69) is 32.5 Å². The molecule has 2 saturated heterocycles. The number of phenols is 1. The third-order valence-corrected chi connectivity index (χ3v) is 8.38. The van der Waals surface area contributed by atoms with Gasteiger partial charge in [0.05, 0.1) is 16.9 Å². The molecule has 43 heavy (non-hydrogen) atoms. The molecule has 228 valence electrons. The smallest absolute Gasteiger partial charge is 0.410 e. The standard InChI is InChI=1S/C33H42N6O4/c1-32(2,3)43-31(42)39-17-13-23(14-18-39)21-29(41)35-33(24-9-5-4-6-10-24)15-19-38(20-16-33)27-22-26(36-37-30(27)34)25-11-7-8-12-28(25)40/h4-12,22-23,40H,13-21H2,1-3H3,(H2,34,37)(H,35,41). The molecule has 0 bridgehead atoms. The Balaban J connectivity index is 1.25. The molecule has 3 aromatic rings. The minimum atomic E-state index is -0.526. The Labute approximate surface area is 253 Å². The molecule has 5 rings (SSSR count). The Morgan fingerprint density at radius 1 is 1.00 bits per heavy atom. The van der Waals surface area contributed by atoms with Gasteiger partial charge in [-0.05, 0) is 76.1 Å². The third kappa shape index (κ3) is 7.18. The molecule has 10 nitrogen and oxygen atoms in total. The van der Waals surface area contributed by atoms with Crippen LogP contribution in [-0.2, 0) is 15.1 Å². The molecule has 1 aromatic heterocycles. The predicted molar refractivity (Wildman–Crippen MR) is 166 cm³/mol. The van der Waals surface area contributed by atoms with Crippen molar-refractivity contribution in [1.29, 1.82) is 0 Å². The molecule has 0 saturated carbocycles. The number of carbonyl (C=O) groups excluding carboxylic acids is 2. The van der Waals surface area contributed by atoms with Crippen LogP contribution in [0.25, 0.3) is 11.3 Å². The molecular weight excluding hydrogens is 544 g/mol. The SMILES string of the molecule is CC(C)(C)OC(=O)N1CCC(CC(=O)NC2(c3ccccc3)CCN(c3cc(-c4ccccc4O)nnc3N)CC2)CC1. The summed E-state index contributed by atoms with van der Waals surface area (Å²) in [7, 11) is 0. The third-order valence-electron chi connectivity index (χ3n) is 8.38. The first kappa shape index (κ1) is 30.1. The van der Waals surface area contributed by atoms with Crippen LogP contribution < -0.4 is 16.0 Å². The summed E-state index contributed by atoms with van der Waals surface area (Å²) in [6, 6.07) is 19.0. The van der Waals surface area contributed by atoms with Gasteiger partial charge in [0.25, 0.3) is 0 Å². The highest BCUT2D eigenvalue weighted by Gasteiger charge is 2.39. The summed E-state index contributed by atoms with van der Waals surface area (Å²) in [4.78, 5) is 29.9. The summed E-state index contributed by atoms with van der Waals surface area (Å²) in [5, 5.41) is 22.2. The fourth-order valence-corrected chi connectivity index (χ4v) is 6.07. The molecule has 10 heteroatoms. The van der Waals surface area contributed by atoms with E-state index in [4.69, 9.17) is 10.5 Å². The number of hydrogen-bond acceptors (Lipinski definition) is 8. The van der Waals surface area contributed by atoms with Crippen molar-refractivity contribution in [2.45, 2.75) is 64.0 Å². The van der Waals surface area contributed by atoms with Crippen molar-refractivity contribution in [2.24, 2.45) is 5.92 Å². The molecule has 0 radical (unpaired) electrons. The Kier molecular flexibility index (Phi) is 8.75. The number of carbonyl (C=O) groups is 2. The lowest BCUT2D eigenvalue weighted by Crippen LogP contribution is -2.53. The van der Waals surface area contributed by atoms with Gasteiger partial charge in [-0.1, -0.05) is 42.5 Å². The largest absolute Gasteiger partial charge is 0.507 e. The minimum Gasteiger partial charge on any atom is -0.507 e. The van der Waals surface area contributed by atoms with Crippen molar-refractivity contribution in [1.82, 2.24) is 20.4 Å². The highest BCUT2D eigenvalue weighted by molar-refractivity contribution is 5.78. The summed E-state index contributed by atoms with van der Waals surface area (Å²) < 4.78 is 5.52. The van der Waals surface area contributed by atoms with E-state index in [1.165, 1.54) is 0 Å². The first-order chi connectivity index (χ1) is 20.5. The Morgan fingerprint density at radius 2 is 1.65 bits per heavy atom. The van der Waals surface area contributed by atoms with Crippen LogP contribution in [0.5, 0.6) is 5.75 Å². The lowest BCUT2D eigenvalue weighted by Gasteiger charge is -2.44. The summed E-state index contributed by atoms with van der Waals surface area (Å²) in [6.45, 7) is 8.09. The van der Waals surface area contributed by atoms with Crippen molar-refractivity contribution in [3.05, 3.63) is 66.2 Å². The van der Waals surface area contributed by atoms with Gasteiger partial charge < -0.3 is 30.7 Å². The van der Waals surface area contributed by atoms with Crippen LogP contribution in [-0.4, -0.2) is 64.0 Å². The number of para-hydroxylation sites is 1. The Hall–Kier alpha value is -4.34. The van der Waals surface area contributed by atoms with E-state index >= 15 is 0 Å². The summed E-state index contributed by atoms with van der Waals surface area (Å²) in [5.41, 5.74) is 8.23. The van der Waals surface area contributed by atoms with Gasteiger partial charge in [0.1, 0.15) is 11.4 Å². The second kappa shape index (κ2) is 12.5. The molecule has 2 aliphatic rings. The van der Waals surface area contributed by atoms with E-state index in [1.54, 1.807) is 23.1 Å². The van der Waals surface area contributed by atoms with Crippen molar-refractivity contribution in [3.8, 4) is 17.0 Å². The average Bonchev–Trinajstić information content (AvgIpc) is 2.98. The number of likely N-dealkylation sites (tertiary alicyclic amines) is 1. The van der Waals surface area contributed by atoms with Gasteiger partial charge in [-0.2, -0.15) is 0 Å². The minimum absolute atomic E-state index is 0.0277. The van der Waals surface area contributed by atoms with Gasteiger partial charge in [0.2, 0.25) is 5.91 Å². The summed E-state index contributed by atoms with van der Waals surface area (Å²) in [6.07, 6.45) is 3.05. The number of aromatic hydroxyl groups is 1. The molecule has 2 aromatic carbocycles. The molecule has 0 spiro atoms. The van der Waals surface area contributed by atoms with Crippen LogP contribution in [0, 0.1) is 5.92 Å². The van der Waals surface area contributed by atoms with E-state index in [0.29, 0.717) is 62.5 Å². The van der Waals surface area contributed by atoms with Crippen molar-refractivity contribution in [2.75, 3.05) is 36.8 Å². The van der Waals surface area contributed by atoms with E-state index in [-0.39, 0.29) is 23.7 Å². The number of aromatic nitrogens is 2. The number of piperidine rings is 2. The number of nitrogens with one attached hydrogen (secondary N) is 1. The predicted octanol–water partition coefficient (Wildman–Crippen LogP) is 5.08. The Bertz CT molecular complexity index is 1420. The van der Waals surface area contributed by atoms with Crippen LogP contribution in [0.2, 0.25) is 0 Å². The van der Waals surface area contributed by atoms with Crippen LogP contribution in [0.4, 0.5) is 16.3 Å². The second-order valence-electron chi connectivity index (χ2n) is 12.6. The van der Waals surface area contributed by atoms with Gasteiger partial charge in [0, 0.05) is 38.2 Å². The number of hydrogen-bond donors (Lipinski definition) is 3. The van der Waals surface area contributed by atoms with E-state index in [9.17, 15) is 14.7 Å². The molecule has 3 heterocycles. The van der Waals surface area contributed by atoms with Gasteiger partial charge in [-0.3, -0.25) is 4.79 Å². The molecular formula is C33H42N6O4. The number of nitrogen functional groups attached to an aromatic ring is 1. The van der Waals surface area contributed by atoms with Crippen LogP contribution in [0.1, 0.15) is 58.4 Å². The number of anilines is 2. The maximum atomic E-state index is 13.5. The molecule has 2 amide bonds. The fraction of sp³-hybridized carbons (Fsp3) is 0.455. The van der Waals surface area contributed by atoms with Crippen molar-refractivity contribution in [3.63, 3.8) is 0 Å². The monoisotopic (exact) mass is 586 g/mol. The first-order valence-electron chi connectivity index (χ1n) is 15.0. The molecule has 0 atom stereocenters. The van der Waals surface area contributed by atoms with E-state index < -0.39 is 11.1 Å². The summed E-state index contributed by atoms with van der Waals surface area (Å²) >= 11 is 0. The first-order valence-corrected chi connectivity index (χ1v) is 15.0. The maximum absolute atomic E-state index is 13.5. The number of benzene rings is 2. The molecule has 2 aliphatic heterocycles. The van der Waals surface area contributed by atoms with Crippen molar-refractivity contribution < 1.29 is 19.4 Å². The second-order valence-corrected chi connectivity index (χ2v) is 12.6. The van der Waals surface area contributed by atoms with Gasteiger partial charge >= 0.3 is 6.09 Å². The highest BCUT2D eigenvalue weighted by Crippen LogP contribution is 2.38. The van der Waals surface area contributed by atoms with Crippen LogP contribution in [0.15, 0.2) is 60.7 Å². The maximum Gasteiger partial charge on any atom is 0.410 e. The normalized spacial score (nSPS) is 17.4. The van der Waals surface area contributed by atoms with E-state index in [1.807, 2.05) is 51.1 Å². The van der Waals surface area contributed by atoms with Gasteiger partial charge in [0.15, 0.2) is 5.82 Å². The number of ether oxygens (including phenoxy) is 1. The molecule has 4 N–H and O–H groups in total. The number of amides is 2. The lowest BCUT2D eigenvalue weighted by molar-refractivity contribution is -0.124. The zero-order valence-corrected chi connectivity index (χ0v) is 25.3. The van der Waals surface area contributed by atoms with Crippen LogP contribution in [0.3, 0.4) is 0 Å². The van der Waals surface area contributed by atoms with Gasteiger partial charge in [-0.15, -0.1) is 10.2 Å². The topological polar surface area (TPSA) is 134 Å². The number of rotatable bonds is 6. The molecule has 0 unspecified atom stereocenters. The number of nitrogens with two attached hydrogens (primary N) is 1. The zero-order valence-electron chi connectivity index (χ0n) is 25.3. The summed E-state index contributed by atoms with van der Waals surface area (Å²) in [5.74, 6) is 0.697.